The van der Waals surface area contributed by atoms with Crippen molar-refractivity contribution in [1.82, 2.24) is 15.2 Å². The monoisotopic (exact) mass is 394 g/mol. The number of fused-ring (bicyclic) bond motifs is 3. The van der Waals surface area contributed by atoms with Crippen LogP contribution in [-0.4, -0.2) is 28.0 Å². The van der Waals surface area contributed by atoms with E-state index in [9.17, 15) is 0 Å². The summed E-state index contributed by atoms with van der Waals surface area (Å²) in [7, 11) is 1.65. The lowest BCUT2D eigenvalue weighted by molar-refractivity contribution is 0.224. The van der Waals surface area contributed by atoms with Crippen molar-refractivity contribution in [1.29, 1.82) is 0 Å². The second kappa shape index (κ2) is 8.48. The van der Waals surface area contributed by atoms with Crippen LogP contribution in [0.3, 0.4) is 0 Å². The number of benzene rings is 2. The Hall–Kier alpha value is -2.80. The number of unbranched alkanes of at least 4 members (excludes halogenated alkanes) is 1. The third-order valence-corrected chi connectivity index (χ3v) is 5.38. The Bertz CT molecular complexity index is 967. The number of thioether (sulfide) groups is 1. The van der Waals surface area contributed by atoms with Gasteiger partial charge in [-0.25, -0.2) is 0 Å². The molecule has 6 nitrogen and oxygen atoms in total. The SMILES string of the molecule is CCCCSc1nnc2c(n1)OC(c1cccc(OC)c1)Nc1ccccc1-2. The first-order chi connectivity index (χ1) is 13.8. The third-order valence-electron chi connectivity index (χ3n) is 4.46. The molecule has 2 heterocycles. The molecule has 0 fully saturated rings. The van der Waals surface area contributed by atoms with E-state index in [0.29, 0.717) is 16.7 Å². The van der Waals surface area contributed by atoms with E-state index in [0.717, 1.165) is 41.2 Å². The van der Waals surface area contributed by atoms with Crippen molar-refractivity contribution in [3.8, 4) is 22.9 Å². The van der Waals surface area contributed by atoms with E-state index in [2.05, 4.69) is 27.4 Å². The van der Waals surface area contributed by atoms with Gasteiger partial charge in [0, 0.05) is 22.6 Å². The van der Waals surface area contributed by atoms with Crippen LogP contribution in [0.5, 0.6) is 11.6 Å². The van der Waals surface area contributed by atoms with Gasteiger partial charge in [-0.1, -0.05) is 55.4 Å². The van der Waals surface area contributed by atoms with Gasteiger partial charge in [0.05, 0.1) is 7.11 Å². The van der Waals surface area contributed by atoms with Gasteiger partial charge in [-0.2, -0.15) is 4.98 Å². The molecule has 1 unspecified atom stereocenters. The first-order valence-corrected chi connectivity index (χ1v) is 10.3. The summed E-state index contributed by atoms with van der Waals surface area (Å²) >= 11 is 1.60. The van der Waals surface area contributed by atoms with Crippen LogP contribution in [0.25, 0.3) is 11.3 Å². The van der Waals surface area contributed by atoms with Gasteiger partial charge >= 0.3 is 0 Å². The first kappa shape index (κ1) is 18.6. The van der Waals surface area contributed by atoms with Crippen LogP contribution in [-0.2, 0) is 0 Å². The summed E-state index contributed by atoms with van der Waals surface area (Å²) in [5, 5.41) is 12.8. The van der Waals surface area contributed by atoms with Crippen LogP contribution < -0.4 is 14.8 Å². The van der Waals surface area contributed by atoms with Gasteiger partial charge in [0.1, 0.15) is 5.75 Å². The zero-order valence-corrected chi connectivity index (χ0v) is 16.7. The highest BCUT2D eigenvalue weighted by molar-refractivity contribution is 7.99. The number of nitrogens with one attached hydrogen (secondary N) is 1. The average Bonchev–Trinajstić information content (AvgIpc) is 2.90. The molecule has 0 bridgehead atoms. The standard InChI is InChI=1S/C21H22N4O2S/c1-3-4-12-28-21-23-20-18(24-25-21)16-10-5-6-11-17(16)22-19(27-20)14-8-7-9-15(13-14)26-2/h5-11,13,19,22H,3-4,12H2,1-2H3. The van der Waals surface area contributed by atoms with Gasteiger partial charge in [-0.15, -0.1) is 10.2 Å². The molecule has 2 aromatic carbocycles. The number of aromatic nitrogens is 3. The highest BCUT2D eigenvalue weighted by atomic mass is 32.2. The van der Waals surface area contributed by atoms with Gasteiger partial charge < -0.3 is 14.8 Å². The molecule has 7 heteroatoms. The Labute approximate surface area is 168 Å². The predicted octanol–water partition coefficient (Wildman–Crippen LogP) is 4.94. The number of para-hydroxylation sites is 1. The largest absolute Gasteiger partial charge is 0.497 e. The van der Waals surface area contributed by atoms with Gasteiger partial charge in [0.2, 0.25) is 11.0 Å². The molecule has 144 valence electrons. The van der Waals surface area contributed by atoms with Gasteiger partial charge in [0.25, 0.3) is 0 Å². The van der Waals surface area contributed by atoms with Gasteiger partial charge in [-0.05, 0) is 24.6 Å². The van der Waals surface area contributed by atoms with Crippen molar-refractivity contribution < 1.29 is 9.47 Å². The summed E-state index contributed by atoms with van der Waals surface area (Å²) in [6.07, 6.45) is 1.84. The summed E-state index contributed by atoms with van der Waals surface area (Å²) in [6.45, 7) is 2.17. The lowest BCUT2D eigenvalue weighted by Gasteiger charge is -2.19. The van der Waals surface area contributed by atoms with Crippen molar-refractivity contribution >= 4 is 17.4 Å². The minimum absolute atomic E-state index is 0.414. The van der Waals surface area contributed by atoms with E-state index in [1.807, 2.05) is 48.5 Å². The number of hydrogen-bond acceptors (Lipinski definition) is 7. The summed E-state index contributed by atoms with van der Waals surface area (Å²) in [4.78, 5) is 4.66. The van der Waals surface area contributed by atoms with Crippen LogP contribution in [0.15, 0.2) is 53.7 Å². The molecule has 0 saturated carbocycles. The molecule has 3 aromatic rings. The number of nitrogens with zero attached hydrogens (tertiary/aromatic N) is 3. The molecule has 0 radical (unpaired) electrons. The smallest absolute Gasteiger partial charge is 0.247 e. The second-order valence-electron chi connectivity index (χ2n) is 6.41. The molecular formula is C21H22N4O2S. The predicted molar refractivity (Wildman–Crippen MR) is 111 cm³/mol. The maximum atomic E-state index is 6.28. The lowest BCUT2D eigenvalue weighted by Crippen LogP contribution is -2.17. The van der Waals surface area contributed by atoms with Crippen molar-refractivity contribution in [2.45, 2.75) is 31.1 Å². The molecule has 1 N–H and O–H groups in total. The molecular weight excluding hydrogens is 372 g/mol. The number of ether oxygens (including phenoxy) is 2. The topological polar surface area (TPSA) is 69.2 Å². The molecule has 0 saturated heterocycles. The zero-order valence-electron chi connectivity index (χ0n) is 15.9. The maximum Gasteiger partial charge on any atom is 0.247 e. The molecule has 1 aliphatic rings. The Morgan fingerprint density at radius 3 is 2.89 bits per heavy atom. The Balaban J connectivity index is 1.73. The van der Waals surface area contributed by atoms with Crippen LogP contribution in [0.1, 0.15) is 31.6 Å². The molecule has 1 atom stereocenters. The van der Waals surface area contributed by atoms with E-state index in [4.69, 9.17) is 9.47 Å². The summed E-state index contributed by atoms with van der Waals surface area (Å²) in [5.41, 5.74) is 3.44. The summed E-state index contributed by atoms with van der Waals surface area (Å²) < 4.78 is 11.6. The van der Waals surface area contributed by atoms with Crippen molar-refractivity contribution in [2.24, 2.45) is 0 Å². The van der Waals surface area contributed by atoms with Gasteiger partial charge in [-0.3, -0.25) is 0 Å². The number of anilines is 1. The quantitative estimate of drug-likeness (QED) is 0.469. The molecule has 0 aliphatic carbocycles. The summed E-state index contributed by atoms with van der Waals surface area (Å²) in [6, 6.07) is 15.8. The second-order valence-corrected chi connectivity index (χ2v) is 7.48. The third kappa shape index (κ3) is 3.89. The summed E-state index contributed by atoms with van der Waals surface area (Å²) in [5.74, 6) is 2.22. The molecule has 1 aliphatic heterocycles. The van der Waals surface area contributed by atoms with E-state index < -0.39 is 6.23 Å². The van der Waals surface area contributed by atoms with E-state index in [1.165, 1.54) is 0 Å². The average molecular weight is 395 g/mol. The molecule has 0 spiro atoms. The minimum Gasteiger partial charge on any atom is -0.497 e. The maximum absolute atomic E-state index is 6.28. The molecule has 0 amide bonds. The fourth-order valence-corrected chi connectivity index (χ4v) is 3.83. The minimum atomic E-state index is -0.414. The van der Waals surface area contributed by atoms with Crippen LogP contribution in [0, 0.1) is 0 Å². The fourth-order valence-electron chi connectivity index (χ4n) is 2.97. The van der Waals surface area contributed by atoms with E-state index in [-0.39, 0.29) is 0 Å². The number of methoxy groups -OCH3 is 1. The van der Waals surface area contributed by atoms with Gasteiger partial charge in [0.15, 0.2) is 11.9 Å². The van der Waals surface area contributed by atoms with Crippen molar-refractivity contribution in [2.75, 3.05) is 18.2 Å². The van der Waals surface area contributed by atoms with E-state index >= 15 is 0 Å². The zero-order chi connectivity index (χ0) is 19.3. The molecule has 28 heavy (non-hydrogen) atoms. The number of rotatable bonds is 6. The normalized spacial score (nSPS) is 14.9. The Morgan fingerprint density at radius 1 is 1.14 bits per heavy atom. The highest BCUT2D eigenvalue weighted by Gasteiger charge is 2.26. The van der Waals surface area contributed by atoms with Crippen molar-refractivity contribution in [3.05, 3.63) is 54.1 Å². The molecule has 1 aromatic heterocycles. The lowest BCUT2D eigenvalue weighted by atomic mass is 10.1. The van der Waals surface area contributed by atoms with Crippen LogP contribution >= 0.6 is 11.8 Å². The highest BCUT2D eigenvalue weighted by Crippen LogP contribution is 2.39. The Morgan fingerprint density at radius 2 is 2.04 bits per heavy atom. The number of hydrogen-bond donors (Lipinski definition) is 1. The van der Waals surface area contributed by atoms with Crippen molar-refractivity contribution in [3.63, 3.8) is 0 Å². The fraction of sp³-hybridized carbons (Fsp3) is 0.286. The Kier molecular flexibility index (Phi) is 5.62. The first-order valence-electron chi connectivity index (χ1n) is 9.32. The van der Waals surface area contributed by atoms with E-state index in [1.54, 1.807) is 18.9 Å². The van der Waals surface area contributed by atoms with Crippen LogP contribution in [0.4, 0.5) is 5.69 Å². The van der Waals surface area contributed by atoms with Crippen LogP contribution in [0.2, 0.25) is 0 Å². The molecule has 4 rings (SSSR count).